The molecule has 0 saturated carbocycles. The van der Waals surface area contributed by atoms with Crippen molar-refractivity contribution in [3.8, 4) is 0 Å². The van der Waals surface area contributed by atoms with Gasteiger partial charge in [-0.05, 0) is 96.3 Å². The van der Waals surface area contributed by atoms with Gasteiger partial charge >= 0.3 is 17.9 Å². The minimum Gasteiger partial charge on any atom is -0.462 e. The lowest BCUT2D eigenvalue weighted by Crippen LogP contribution is -2.30. The van der Waals surface area contributed by atoms with E-state index >= 15 is 0 Å². The largest absolute Gasteiger partial charge is 0.462 e. The number of hydrogen-bond donors (Lipinski definition) is 0. The van der Waals surface area contributed by atoms with Gasteiger partial charge in [-0.1, -0.05) is 259 Å². The van der Waals surface area contributed by atoms with Crippen LogP contribution in [0.2, 0.25) is 0 Å². The second-order valence-electron chi connectivity index (χ2n) is 19.5. The topological polar surface area (TPSA) is 78.9 Å². The molecule has 0 aromatic carbocycles. The van der Waals surface area contributed by atoms with Crippen LogP contribution in [0.25, 0.3) is 0 Å². The number of esters is 3. The first-order valence-electron chi connectivity index (χ1n) is 29.7. The lowest BCUT2D eigenvalue weighted by atomic mass is 10.0. The molecule has 0 N–H and O–H groups in total. The Hall–Kier alpha value is -3.67. The number of carbonyl (C=O) groups is 3. The smallest absolute Gasteiger partial charge is 0.306 e. The average molecular weight is 988 g/mol. The molecule has 0 aliphatic heterocycles. The fourth-order valence-corrected chi connectivity index (χ4v) is 8.13. The molecular weight excluding hydrogens is 877 g/mol. The van der Waals surface area contributed by atoms with E-state index in [-0.39, 0.29) is 31.1 Å². The maximum atomic E-state index is 12.9. The maximum absolute atomic E-state index is 12.9. The minimum absolute atomic E-state index is 0.0975. The standard InChI is InChI=1S/C65H110O6/c1-4-7-10-13-16-19-22-25-27-29-31-32-34-35-37-40-43-46-49-52-55-58-64(67)70-61-62(60-69-63(66)57-54-51-48-45-42-39-24-21-18-15-12-9-6-3)71-65(68)59-56-53-50-47-44-41-38-36-33-30-28-26-23-20-17-14-11-8-5-2/h7,10,12,15-16,19,21,24-25,27,31-32,35,37,43,46,62H,4-6,8-9,11,13-14,17-18,20,22-23,26,28-30,33-34,36,38-42,44-45,47-61H2,1-3H3/b10-7-,15-12-,19-16-,24-21-,27-25-,32-31-,37-35-,46-43-. The molecule has 0 amide bonds. The summed E-state index contributed by atoms with van der Waals surface area (Å²) in [6, 6.07) is 0. The quantitative estimate of drug-likeness (QED) is 0.0261. The average Bonchev–Trinajstić information content (AvgIpc) is 3.37. The van der Waals surface area contributed by atoms with Gasteiger partial charge in [0.05, 0.1) is 0 Å². The van der Waals surface area contributed by atoms with Gasteiger partial charge in [0, 0.05) is 19.3 Å². The summed E-state index contributed by atoms with van der Waals surface area (Å²) in [7, 11) is 0. The Morgan fingerprint density at radius 1 is 0.296 bits per heavy atom. The SMILES string of the molecule is CC/C=C\C/C=C\C/C=C\C/C=C\C/C=C\C/C=C\CCCCC(=O)OCC(COC(=O)CCCCCCC/C=C\C/C=C\CCC)OC(=O)CCCCCCCCCCCCCCCCCCCCC. The van der Waals surface area contributed by atoms with Crippen LogP contribution in [0.3, 0.4) is 0 Å². The van der Waals surface area contributed by atoms with Gasteiger partial charge in [-0.2, -0.15) is 0 Å². The zero-order valence-electron chi connectivity index (χ0n) is 46.5. The normalized spacial score (nSPS) is 12.8. The number of allylic oxidation sites excluding steroid dienone is 16. The maximum Gasteiger partial charge on any atom is 0.306 e. The monoisotopic (exact) mass is 987 g/mol. The van der Waals surface area contributed by atoms with Gasteiger partial charge in [-0.25, -0.2) is 0 Å². The highest BCUT2D eigenvalue weighted by atomic mass is 16.6. The van der Waals surface area contributed by atoms with Gasteiger partial charge in [0.2, 0.25) is 0 Å². The second-order valence-corrected chi connectivity index (χ2v) is 19.5. The van der Waals surface area contributed by atoms with E-state index in [1.54, 1.807) is 0 Å². The van der Waals surface area contributed by atoms with Crippen molar-refractivity contribution in [2.24, 2.45) is 0 Å². The van der Waals surface area contributed by atoms with Gasteiger partial charge in [0.25, 0.3) is 0 Å². The summed E-state index contributed by atoms with van der Waals surface area (Å²) in [6.45, 7) is 6.43. The third kappa shape index (κ3) is 57.1. The molecule has 0 aromatic heterocycles. The Bertz CT molecular complexity index is 1410. The summed E-state index contributed by atoms with van der Waals surface area (Å²) in [5.74, 6) is -0.948. The minimum atomic E-state index is -0.801. The predicted molar refractivity (Wildman–Crippen MR) is 307 cm³/mol. The lowest BCUT2D eigenvalue weighted by molar-refractivity contribution is -0.167. The highest BCUT2D eigenvalue weighted by molar-refractivity contribution is 5.71. The van der Waals surface area contributed by atoms with Crippen molar-refractivity contribution in [3.63, 3.8) is 0 Å². The van der Waals surface area contributed by atoms with Crippen LogP contribution in [0.15, 0.2) is 97.2 Å². The third-order valence-electron chi connectivity index (χ3n) is 12.6. The Morgan fingerprint density at radius 3 is 0.944 bits per heavy atom. The molecule has 406 valence electrons. The van der Waals surface area contributed by atoms with Crippen molar-refractivity contribution in [2.75, 3.05) is 13.2 Å². The van der Waals surface area contributed by atoms with E-state index in [0.29, 0.717) is 19.3 Å². The zero-order valence-corrected chi connectivity index (χ0v) is 46.5. The Labute approximate surface area is 438 Å². The summed E-state index contributed by atoms with van der Waals surface area (Å²) in [5, 5.41) is 0. The summed E-state index contributed by atoms with van der Waals surface area (Å²) in [4.78, 5) is 38.2. The molecule has 0 fully saturated rings. The highest BCUT2D eigenvalue weighted by Crippen LogP contribution is 2.16. The first-order valence-corrected chi connectivity index (χ1v) is 29.7. The lowest BCUT2D eigenvalue weighted by Gasteiger charge is -2.18. The molecule has 6 nitrogen and oxygen atoms in total. The van der Waals surface area contributed by atoms with E-state index in [1.165, 1.54) is 109 Å². The number of ether oxygens (including phenoxy) is 3. The zero-order chi connectivity index (χ0) is 51.4. The number of rotatable bonds is 53. The number of hydrogen-bond acceptors (Lipinski definition) is 6. The van der Waals surface area contributed by atoms with Crippen molar-refractivity contribution in [1.29, 1.82) is 0 Å². The Morgan fingerprint density at radius 2 is 0.577 bits per heavy atom. The van der Waals surface area contributed by atoms with Crippen molar-refractivity contribution in [3.05, 3.63) is 97.2 Å². The van der Waals surface area contributed by atoms with Gasteiger partial charge in [-0.15, -0.1) is 0 Å². The van der Waals surface area contributed by atoms with Crippen molar-refractivity contribution >= 4 is 17.9 Å². The van der Waals surface area contributed by atoms with Crippen molar-refractivity contribution in [1.82, 2.24) is 0 Å². The Balaban J connectivity index is 4.44. The molecule has 6 heteroatoms. The van der Waals surface area contributed by atoms with E-state index in [2.05, 4.69) is 118 Å². The fraction of sp³-hybridized carbons (Fsp3) is 0.708. The molecule has 0 radical (unpaired) electrons. The molecule has 0 bridgehead atoms. The molecular formula is C65H110O6. The summed E-state index contributed by atoms with van der Waals surface area (Å²) < 4.78 is 16.8. The van der Waals surface area contributed by atoms with Crippen molar-refractivity contribution in [2.45, 2.75) is 284 Å². The first-order chi connectivity index (χ1) is 35.0. The van der Waals surface area contributed by atoms with Gasteiger partial charge in [0.1, 0.15) is 13.2 Å². The number of carbonyl (C=O) groups excluding carboxylic acids is 3. The molecule has 0 aliphatic carbocycles. The van der Waals surface area contributed by atoms with E-state index < -0.39 is 6.10 Å². The third-order valence-corrected chi connectivity index (χ3v) is 12.6. The summed E-state index contributed by atoms with van der Waals surface area (Å²) in [5.41, 5.74) is 0. The molecule has 0 aromatic rings. The van der Waals surface area contributed by atoms with E-state index in [4.69, 9.17) is 14.2 Å². The highest BCUT2D eigenvalue weighted by Gasteiger charge is 2.19. The van der Waals surface area contributed by atoms with Crippen LogP contribution < -0.4 is 0 Å². The molecule has 0 heterocycles. The fourth-order valence-electron chi connectivity index (χ4n) is 8.13. The Kier molecular flexibility index (Phi) is 55.9. The van der Waals surface area contributed by atoms with Crippen LogP contribution in [-0.4, -0.2) is 37.2 Å². The van der Waals surface area contributed by atoms with Crippen LogP contribution >= 0.6 is 0 Å². The van der Waals surface area contributed by atoms with Crippen LogP contribution in [-0.2, 0) is 28.6 Å². The molecule has 0 aliphatic rings. The van der Waals surface area contributed by atoms with E-state index in [9.17, 15) is 14.4 Å². The van der Waals surface area contributed by atoms with E-state index in [0.717, 1.165) is 128 Å². The molecule has 71 heavy (non-hydrogen) atoms. The van der Waals surface area contributed by atoms with Gasteiger partial charge in [0.15, 0.2) is 6.10 Å². The molecule has 0 spiro atoms. The summed E-state index contributed by atoms with van der Waals surface area (Å²) >= 11 is 0. The second kappa shape index (κ2) is 58.9. The van der Waals surface area contributed by atoms with Crippen LogP contribution in [0.1, 0.15) is 278 Å². The van der Waals surface area contributed by atoms with Crippen LogP contribution in [0.4, 0.5) is 0 Å². The molecule has 1 atom stereocenters. The molecule has 0 rings (SSSR count). The molecule has 1 unspecified atom stereocenters. The van der Waals surface area contributed by atoms with E-state index in [1.807, 2.05) is 0 Å². The van der Waals surface area contributed by atoms with Gasteiger partial charge in [-0.3, -0.25) is 14.4 Å². The van der Waals surface area contributed by atoms with Crippen LogP contribution in [0, 0.1) is 0 Å². The van der Waals surface area contributed by atoms with Crippen molar-refractivity contribution < 1.29 is 28.6 Å². The molecule has 0 saturated heterocycles. The predicted octanol–water partition coefficient (Wildman–Crippen LogP) is 20.1. The van der Waals surface area contributed by atoms with Gasteiger partial charge < -0.3 is 14.2 Å². The van der Waals surface area contributed by atoms with Crippen LogP contribution in [0.5, 0.6) is 0 Å². The first kappa shape index (κ1) is 67.3. The number of unbranched alkanes of at least 4 members (excludes halogenated alkanes) is 26. The summed E-state index contributed by atoms with van der Waals surface area (Å²) in [6.07, 6.45) is 78.3.